The van der Waals surface area contributed by atoms with E-state index in [4.69, 9.17) is 14.2 Å². The number of rotatable bonds is 7. The predicted octanol–water partition coefficient (Wildman–Crippen LogP) is 2.89. The van der Waals surface area contributed by atoms with E-state index in [1.807, 2.05) is 6.92 Å². The zero-order valence-corrected chi connectivity index (χ0v) is 15.9. The second kappa shape index (κ2) is 9.40. The molecule has 28 heavy (non-hydrogen) atoms. The van der Waals surface area contributed by atoms with E-state index >= 15 is 0 Å². The average molecular weight is 388 g/mol. The van der Waals surface area contributed by atoms with Gasteiger partial charge in [-0.3, -0.25) is 0 Å². The van der Waals surface area contributed by atoms with Crippen molar-refractivity contribution in [2.75, 3.05) is 27.9 Å². The lowest BCUT2D eigenvalue weighted by atomic mass is 10.1. The number of methoxy groups -OCH3 is 3. The summed E-state index contributed by atoms with van der Waals surface area (Å²) in [5, 5.41) is 0. The summed E-state index contributed by atoms with van der Waals surface area (Å²) in [5.74, 6) is -1.24. The largest absolute Gasteiger partial charge is 0.493 e. The van der Waals surface area contributed by atoms with Crippen LogP contribution in [0.5, 0.6) is 17.2 Å². The van der Waals surface area contributed by atoms with Crippen LogP contribution in [0, 0.1) is 0 Å². The van der Waals surface area contributed by atoms with Crippen LogP contribution in [0.4, 0.5) is 0 Å². The van der Waals surface area contributed by atoms with E-state index < -0.39 is 17.9 Å². The molecule has 0 aliphatic carbocycles. The molecule has 0 aliphatic heterocycles. The quantitative estimate of drug-likeness (QED) is 0.528. The molecule has 0 aliphatic rings. The number of ether oxygens (including phenoxy) is 5. The number of esters is 3. The van der Waals surface area contributed by atoms with Crippen LogP contribution in [0.1, 0.15) is 38.0 Å². The van der Waals surface area contributed by atoms with Gasteiger partial charge in [-0.15, -0.1) is 0 Å². The van der Waals surface area contributed by atoms with E-state index in [1.165, 1.54) is 51.7 Å². The first-order chi connectivity index (χ1) is 13.4. The maximum absolute atomic E-state index is 12.5. The van der Waals surface area contributed by atoms with Crippen molar-refractivity contribution in [2.45, 2.75) is 6.92 Å². The first kappa shape index (κ1) is 20.8. The van der Waals surface area contributed by atoms with Crippen molar-refractivity contribution in [2.24, 2.45) is 0 Å². The monoisotopic (exact) mass is 388 g/mol. The van der Waals surface area contributed by atoms with Crippen molar-refractivity contribution in [1.29, 1.82) is 0 Å². The Morgan fingerprint density at radius 2 is 1.36 bits per heavy atom. The molecule has 0 bridgehead atoms. The van der Waals surface area contributed by atoms with E-state index in [-0.39, 0.29) is 22.4 Å². The standard InChI is InChI=1S/C20H20O8/c1-5-27-16-7-6-12(11-17(16)24-2)20(23)28-15-9-13(18(21)25-3)8-14(10-15)19(22)26-4/h6-11H,5H2,1-4H3. The van der Waals surface area contributed by atoms with Crippen molar-refractivity contribution in [3.63, 3.8) is 0 Å². The second-order valence-corrected chi connectivity index (χ2v) is 5.42. The number of benzene rings is 2. The Balaban J connectivity index is 2.34. The maximum Gasteiger partial charge on any atom is 0.343 e. The number of hydrogen-bond acceptors (Lipinski definition) is 8. The Bertz CT molecular complexity index is 854. The van der Waals surface area contributed by atoms with Crippen LogP contribution in [0.15, 0.2) is 36.4 Å². The maximum atomic E-state index is 12.5. The topological polar surface area (TPSA) is 97.4 Å². The molecule has 0 atom stereocenters. The minimum Gasteiger partial charge on any atom is -0.493 e. The fraction of sp³-hybridized carbons (Fsp3) is 0.250. The van der Waals surface area contributed by atoms with E-state index in [2.05, 4.69) is 9.47 Å². The van der Waals surface area contributed by atoms with E-state index in [9.17, 15) is 14.4 Å². The van der Waals surface area contributed by atoms with Gasteiger partial charge < -0.3 is 23.7 Å². The zero-order chi connectivity index (χ0) is 20.7. The molecule has 0 saturated carbocycles. The summed E-state index contributed by atoms with van der Waals surface area (Å²) in [6.07, 6.45) is 0. The predicted molar refractivity (Wildman–Crippen MR) is 98.2 cm³/mol. The Hall–Kier alpha value is -3.55. The third-order valence-electron chi connectivity index (χ3n) is 3.66. The highest BCUT2D eigenvalue weighted by molar-refractivity contribution is 5.97. The molecular weight excluding hydrogens is 368 g/mol. The van der Waals surface area contributed by atoms with Gasteiger partial charge in [0.1, 0.15) is 5.75 Å². The summed E-state index contributed by atoms with van der Waals surface area (Å²) < 4.78 is 25.3. The Labute approximate surface area is 161 Å². The smallest absolute Gasteiger partial charge is 0.343 e. The van der Waals surface area contributed by atoms with Crippen LogP contribution >= 0.6 is 0 Å². The van der Waals surface area contributed by atoms with Gasteiger partial charge in [-0.05, 0) is 43.3 Å². The van der Waals surface area contributed by atoms with Gasteiger partial charge >= 0.3 is 17.9 Å². The van der Waals surface area contributed by atoms with Crippen LogP contribution in [0.25, 0.3) is 0 Å². The summed E-state index contributed by atoms with van der Waals surface area (Å²) in [7, 11) is 3.85. The molecule has 0 unspecified atom stereocenters. The fourth-order valence-electron chi connectivity index (χ4n) is 2.36. The van der Waals surface area contributed by atoms with Gasteiger partial charge in [0.15, 0.2) is 11.5 Å². The lowest BCUT2D eigenvalue weighted by Gasteiger charge is -2.11. The molecule has 0 spiro atoms. The number of hydrogen-bond donors (Lipinski definition) is 0. The molecule has 0 fully saturated rings. The molecule has 148 valence electrons. The van der Waals surface area contributed by atoms with Gasteiger partial charge in [-0.2, -0.15) is 0 Å². The molecule has 2 aromatic rings. The summed E-state index contributed by atoms with van der Waals surface area (Å²) in [6.45, 7) is 2.27. The van der Waals surface area contributed by atoms with Crippen molar-refractivity contribution in [3.05, 3.63) is 53.1 Å². The molecule has 0 amide bonds. The van der Waals surface area contributed by atoms with Crippen molar-refractivity contribution in [3.8, 4) is 17.2 Å². The Kier molecular flexibility index (Phi) is 6.97. The Morgan fingerprint density at radius 3 is 1.86 bits per heavy atom. The van der Waals surface area contributed by atoms with Crippen LogP contribution in [0.2, 0.25) is 0 Å². The first-order valence-electron chi connectivity index (χ1n) is 8.28. The third kappa shape index (κ3) is 4.79. The summed E-state index contributed by atoms with van der Waals surface area (Å²) >= 11 is 0. The lowest BCUT2D eigenvalue weighted by Crippen LogP contribution is -2.12. The van der Waals surface area contributed by atoms with Gasteiger partial charge in [0.2, 0.25) is 0 Å². The average Bonchev–Trinajstić information content (AvgIpc) is 2.72. The first-order valence-corrected chi connectivity index (χ1v) is 8.28. The molecule has 2 rings (SSSR count). The zero-order valence-electron chi connectivity index (χ0n) is 15.9. The fourth-order valence-corrected chi connectivity index (χ4v) is 2.36. The highest BCUT2D eigenvalue weighted by atomic mass is 16.5. The molecule has 8 nitrogen and oxygen atoms in total. The highest BCUT2D eigenvalue weighted by Gasteiger charge is 2.18. The van der Waals surface area contributed by atoms with Gasteiger partial charge in [0.25, 0.3) is 0 Å². The van der Waals surface area contributed by atoms with Gasteiger partial charge in [0.05, 0.1) is 44.6 Å². The van der Waals surface area contributed by atoms with Crippen molar-refractivity contribution >= 4 is 17.9 Å². The summed E-state index contributed by atoms with van der Waals surface area (Å²) in [5.41, 5.74) is 0.276. The molecule has 2 aromatic carbocycles. The van der Waals surface area contributed by atoms with Crippen molar-refractivity contribution in [1.82, 2.24) is 0 Å². The van der Waals surface area contributed by atoms with Crippen LogP contribution in [-0.2, 0) is 9.47 Å². The van der Waals surface area contributed by atoms with Crippen LogP contribution < -0.4 is 14.2 Å². The SMILES string of the molecule is CCOc1ccc(C(=O)Oc2cc(C(=O)OC)cc(C(=O)OC)c2)cc1OC. The van der Waals surface area contributed by atoms with Crippen molar-refractivity contribution < 1.29 is 38.1 Å². The highest BCUT2D eigenvalue weighted by Crippen LogP contribution is 2.29. The van der Waals surface area contributed by atoms with Gasteiger partial charge in [-0.1, -0.05) is 0 Å². The lowest BCUT2D eigenvalue weighted by molar-refractivity contribution is 0.0593. The van der Waals surface area contributed by atoms with E-state index in [0.29, 0.717) is 18.1 Å². The normalized spacial score (nSPS) is 10.0. The minimum atomic E-state index is -0.709. The Morgan fingerprint density at radius 1 is 0.750 bits per heavy atom. The van der Waals surface area contributed by atoms with Gasteiger partial charge in [0, 0.05) is 0 Å². The third-order valence-corrected chi connectivity index (χ3v) is 3.66. The molecule has 0 N–H and O–H groups in total. The molecule has 0 radical (unpaired) electrons. The van der Waals surface area contributed by atoms with Gasteiger partial charge in [-0.25, -0.2) is 14.4 Å². The molecule has 8 heteroatoms. The van der Waals surface area contributed by atoms with E-state index in [0.717, 1.165) is 0 Å². The molecular formula is C20H20O8. The van der Waals surface area contributed by atoms with Crippen LogP contribution in [0.3, 0.4) is 0 Å². The number of carbonyl (C=O) groups is 3. The van der Waals surface area contributed by atoms with Crippen LogP contribution in [-0.4, -0.2) is 45.8 Å². The summed E-state index contributed by atoms with van der Waals surface area (Å²) in [6, 6.07) is 8.45. The van der Waals surface area contributed by atoms with E-state index in [1.54, 1.807) is 6.07 Å². The molecule has 0 saturated heterocycles. The number of carbonyl (C=O) groups excluding carboxylic acids is 3. The minimum absolute atomic E-state index is 0.0128. The molecule has 0 heterocycles. The molecule has 0 aromatic heterocycles. The second-order valence-electron chi connectivity index (χ2n) is 5.42. The summed E-state index contributed by atoms with van der Waals surface area (Å²) in [4.78, 5) is 36.1.